The van der Waals surface area contributed by atoms with Gasteiger partial charge in [0, 0.05) is 12.3 Å². The Hall–Kier alpha value is -2.37. The van der Waals surface area contributed by atoms with Crippen LogP contribution in [0.1, 0.15) is 10.4 Å². The van der Waals surface area contributed by atoms with E-state index >= 15 is 0 Å². The smallest absolute Gasteiger partial charge is 0.262 e. The molecule has 0 fully saturated rings. The van der Waals surface area contributed by atoms with Crippen molar-refractivity contribution < 1.29 is 9.53 Å². The van der Waals surface area contributed by atoms with E-state index in [1.54, 1.807) is 30.6 Å². The van der Waals surface area contributed by atoms with Crippen molar-refractivity contribution in [1.29, 1.82) is 0 Å². The van der Waals surface area contributed by atoms with Crippen LogP contribution in [0.4, 0.5) is 5.82 Å². The molecule has 0 unspecified atom stereocenters. The third-order valence-corrected chi connectivity index (χ3v) is 1.96. The van der Waals surface area contributed by atoms with Gasteiger partial charge in [-0.15, -0.1) is 0 Å². The summed E-state index contributed by atoms with van der Waals surface area (Å²) in [6.07, 6.45) is 3.11. The van der Waals surface area contributed by atoms with Gasteiger partial charge in [-0.3, -0.25) is 9.89 Å². The summed E-state index contributed by atoms with van der Waals surface area (Å²) in [6, 6.07) is 4.96. The number of nitrogens with zero attached hydrogens (tertiary/aromatic N) is 2. The number of carbonyl (C=O) groups excluding carboxylic acids is 1. The number of rotatable bonds is 3. The number of methoxy groups -OCH3 is 1. The number of pyridine rings is 1. The fraction of sp³-hybridized carbons (Fsp3) is 0.100. The molecule has 16 heavy (non-hydrogen) atoms. The summed E-state index contributed by atoms with van der Waals surface area (Å²) in [5.74, 6) is 0.518. The lowest BCUT2D eigenvalue weighted by Crippen LogP contribution is -2.13. The van der Waals surface area contributed by atoms with Crippen LogP contribution in [0, 0.1) is 0 Å². The summed E-state index contributed by atoms with van der Waals surface area (Å²) in [6.45, 7) is 0. The highest BCUT2D eigenvalue weighted by molar-refractivity contribution is 6.05. The third kappa shape index (κ3) is 2.00. The summed E-state index contributed by atoms with van der Waals surface area (Å²) in [7, 11) is 1.47. The van der Waals surface area contributed by atoms with Crippen molar-refractivity contribution in [1.82, 2.24) is 15.2 Å². The monoisotopic (exact) mass is 218 g/mol. The number of anilines is 1. The molecule has 0 aromatic carbocycles. The number of nitrogens with one attached hydrogen (secondary N) is 2. The number of amides is 1. The average molecular weight is 218 g/mol. The van der Waals surface area contributed by atoms with Gasteiger partial charge in [-0.1, -0.05) is 0 Å². The number of hydrogen-bond donors (Lipinski definition) is 2. The van der Waals surface area contributed by atoms with E-state index in [-0.39, 0.29) is 5.91 Å². The minimum absolute atomic E-state index is 0.291. The molecule has 82 valence electrons. The van der Waals surface area contributed by atoms with Crippen molar-refractivity contribution in [3.63, 3.8) is 0 Å². The van der Waals surface area contributed by atoms with E-state index in [4.69, 9.17) is 4.74 Å². The first kappa shape index (κ1) is 10.2. The van der Waals surface area contributed by atoms with Crippen molar-refractivity contribution in [2.75, 3.05) is 12.4 Å². The molecule has 6 nitrogen and oxygen atoms in total. The topological polar surface area (TPSA) is 79.9 Å². The molecular formula is C10H10N4O2. The fourth-order valence-corrected chi connectivity index (χ4v) is 1.24. The zero-order valence-corrected chi connectivity index (χ0v) is 8.60. The third-order valence-electron chi connectivity index (χ3n) is 1.96. The number of aromatic amines is 1. The van der Waals surface area contributed by atoms with Crippen molar-refractivity contribution in [3.05, 3.63) is 36.2 Å². The Morgan fingerprint density at radius 1 is 1.44 bits per heavy atom. The predicted octanol–water partition coefficient (Wildman–Crippen LogP) is 1.07. The molecule has 0 saturated heterocycles. The maximum atomic E-state index is 11.8. The second kappa shape index (κ2) is 4.43. The van der Waals surface area contributed by atoms with Gasteiger partial charge < -0.3 is 10.1 Å². The lowest BCUT2D eigenvalue weighted by atomic mass is 10.2. The van der Waals surface area contributed by atoms with Crippen LogP contribution in [0.2, 0.25) is 0 Å². The van der Waals surface area contributed by atoms with E-state index in [2.05, 4.69) is 20.5 Å². The molecule has 2 aromatic heterocycles. The first-order valence-electron chi connectivity index (χ1n) is 4.61. The summed E-state index contributed by atoms with van der Waals surface area (Å²) in [4.78, 5) is 15.8. The molecule has 1 amide bonds. The highest BCUT2D eigenvalue weighted by Crippen LogP contribution is 2.14. The summed E-state index contributed by atoms with van der Waals surface area (Å²) >= 11 is 0. The minimum Gasteiger partial charge on any atom is -0.480 e. The van der Waals surface area contributed by atoms with E-state index in [0.717, 1.165) is 0 Å². The lowest BCUT2D eigenvalue weighted by molar-refractivity contribution is 0.102. The zero-order chi connectivity index (χ0) is 11.4. The number of ether oxygens (including phenoxy) is 1. The van der Waals surface area contributed by atoms with E-state index in [1.165, 1.54) is 7.11 Å². The van der Waals surface area contributed by atoms with Gasteiger partial charge >= 0.3 is 0 Å². The molecule has 6 heteroatoms. The second-order valence-electron chi connectivity index (χ2n) is 2.98. The molecule has 2 rings (SSSR count). The molecule has 0 aliphatic carbocycles. The van der Waals surface area contributed by atoms with Crippen LogP contribution in [-0.2, 0) is 0 Å². The Labute approximate surface area is 91.7 Å². The second-order valence-corrected chi connectivity index (χ2v) is 2.98. The summed E-state index contributed by atoms with van der Waals surface area (Å²) in [5, 5.41) is 8.99. The summed E-state index contributed by atoms with van der Waals surface area (Å²) < 4.78 is 4.99. The van der Waals surface area contributed by atoms with Crippen molar-refractivity contribution in [2.45, 2.75) is 0 Å². The van der Waals surface area contributed by atoms with Gasteiger partial charge in [0.1, 0.15) is 11.4 Å². The lowest BCUT2D eigenvalue weighted by Gasteiger charge is -2.06. The van der Waals surface area contributed by atoms with Crippen LogP contribution in [0.5, 0.6) is 5.88 Å². The van der Waals surface area contributed by atoms with Crippen LogP contribution < -0.4 is 10.1 Å². The molecule has 0 atom stereocenters. The van der Waals surface area contributed by atoms with E-state index in [0.29, 0.717) is 17.3 Å². The molecule has 0 aliphatic heterocycles. The number of H-pyrrole nitrogens is 1. The number of carbonyl (C=O) groups is 1. The van der Waals surface area contributed by atoms with E-state index in [1.807, 2.05) is 0 Å². The standard InChI is InChI=1S/C10H10N4O2/c1-16-10-7(3-2-5-11-10)9(15)13-8-4-6-12-14-8/h2-6H,1H3,(H2,12,13,14,15). The Morgan fingerprint density at radius 3 is 3.00 bits per heavy atom. The molecule has 0 spiro atoms. The average Bonchev–Trinajstić information content (AvgIpc) is 2.81. The Morgan fingerprint density at radius 2 is 2.31 bits per heavy atom. The minimum atomic E-state index is -0.297. The normalized spacial score (nSPS) is 9.81. The molecule has 0 radical (unpaired) electrons. The maximum Gasteiger partial charge on any atom is 0.262 e. The Kier molecular flexibility index (Phi) is 2.81. The highest BCUT2D eigenvalue weighted by Gasteiger charge is 2.12. The van der Waals surface area contributed by atoms with Gasteiger partial charge in [-0.05, 0) is 12.1 Å². The fourth-order valence-electron chi connectivity index (χ4n) is 1.24. The van der Waals surface area contributed by atoms with Gasteiger partial charge in [0.15, 0.2) is 0 Å². The van der Waals surface area contributed by atoms with Gasteiger partial charge in [-0.25, -0.2) is 4.98 Å². The molecular weight excluding hydrogens is 208 g/mol. The van der Waals surface area contributed by atoms with Crippen LogP contribution >= 0.6 is 0 Å². The van der Waals surface area contributed by atoms with Gasteiger partial charge in [0.05, 0.1) is 13.3 Å². The SMILES string of the molecule is COc1ncccc1C(=O)Nc1ccn[nH]1. The van der Waals surface area contributed by atoms with Gasteiger partial charge in [-0.2, -0.15) is 5.10 Å². The van der Waals surface area contributed by atoms with Crippen LogP contribution in [0.15, 0.2) is 30.6 Å². The van der Waals surface area contributed by atoms with E-state index < -0.39 is 0 Å². The summed E-state index contributed by atoms with van der Waals surface area (Å²) in [5.41, 5.74) is 0.375. The molecule has 2 aromatic rings. The number of aromatic nitrogens is 3. The van der Waals surface area contributed by atoms with Crippen molar-refractivity contribution in [3.8, 4) is 5.88 Å². The quantitative estimate of drug-likeness (QED) is 0.807. The zero-order valence-electron chi connectivity index (χ0n) is 8.60. The molecule has 0 saturated carbocycles. The predicted molar refractivity (Wildman–Crippen MR) is 57.3 cm³/mol. The number of hydrogen-bond acceptors (Lipinski definition) is 4. The van der Waals surface area contributed by atoms with Crippen LogP contribution in [0.3, 0.4) is 0 Å². The van der Waals surface area contributed by atoms with Gasteiger partial charge in [0.25, 0.3) is 5.91 Å². The van der Waals surface area contributed by atoms with Gasteiger partial charge in [0.2, 0.25) is 5.88 Å². The van der Waals surface area contributed by atoms with Crippen LogP contribution in [0.25, 0.3) is 0 Å². The first-order valence-corrected chi connectivity index (χ1v) is 4.61. The largest absolute Gasteiger partial charge is 0.480 e. The molecule has 0 bridgehead atoms. The van der Waals surface area contributed by atoms with Crippen LogP contribution in [-0.4, -0.2) is 28.2 Å². The molecule has 2 heterocycles. The molecule has 2 N–H and O–H groups in total. The van der Waals surface area contributed by atoms with Crippen molar-refractivity contribution in [2.24, 2.45) is 0 Å². The van der Waals surface area contributed by atoms with Crippen molar-refractivity contribution >= 4 is 11.7 Å². The first-order chi connectivity index (χ1) is 7.81. The molecule has 0 aliphatic rings. The van der Waals surface area contributed by atoms with E-state index in [9.17, 15) is 4.79 Å². The highest BCUT2D eigenvalue weighted by atomic mass is 16.5. The maximum absolute atomic E-state index is 11.8. The Bertz CT molecular complexity index is 481. The Balaban J connectivity index is 2.21.